The van der Waals surface area contributed by atoms with E-state index in [-0.39, 0.29) is 36.2 Å². The van der Waals surface area contributed by atoms with Crippen molar-refractivity contribution in [2.75, 3.05) is 0 Å². The van der Waals surface area contributed by atoms with Crippen molar-refractivity contribution in [3.8, 4) is 0 Å². The Morgan fingerprint density at radius 3 is 1.22 bits per heavy atom. The molecule has 3 unspecified atom stereocenters. The molecule has 0 bridgehead atoms. The summed E-state index contributed by atoms with van der Waals surface area (Å²) in [5.41, 5.74) is 0. The van der Waals surface area contributed by atoms with Crippen LogP contribution in [-0.2, 0) is 28.6 Å². The van der Waals surface area contributed by atoms with E-state index in [9.17, 15) is 14.4 Å². The first kappa shape index (κ1) is 54.1. The Morgan fingerprint density at radius 1 is 0.417 bits per heavy atom. The van der Waals surface area contributed by atoms with Crippen molar-refractivity contribution in [3.63, 3.8) is 0 Å². The summed E-state index contributed by atoms with van der Waals surface area (Å²) in [6.07, 6.45) is 65.3. The van der Waals surface area contributed by atoms with Gasteiger partial charge in [-0.25, -0.2) is 0 Å². The van der Waals surface area contributed by atoms with E-state index in [0.29, 0.717) is 19.3 Å². The summed E-state index contributed by atoms with van der Waals surface area (Å²) < 4.78 is 16.5. The molecule has 0 amide bonds. The van der Waals surface area contributed by atoms with Gasteiger partial charge in [0.2, 0.25) is 0 Å². The number of allylic oxidation sites excluding steroid dienone is 17. The minimum atomic E-state index is -0.0407. The van der Waals surface area contributed by atoms with Crippen LogP contribution in [0.4, 0.5) is 0 Å². The molecule has 0 saturated heterocycles. The third-order valence-electron chi connectivity index (χ3n) is 10.2. The monoisotopic (exact) mass is 829 g/mol. The van der Waals surface area contributed by atoms with Crippen molar-refractivity contribution >= 4 is 17.9 Å². The number of carbonyl (C=O) groups is 3. The topological polar surface area (TPSA) is 78.9 Å². The third kappa shape index (κ3) is 37.1. The van der Waals surface area contributed by atoms with Gasteiger partial charge in [-0.15, -0.1) is 0 Å². The summed E-state index contributed by atoms with van der Waals surface area (Å²) in [4.78, 5) is 35.1. The van der Waals surface area contributed by atoms with E-state index in [1.54, 1.807) is 0 Å². The van der Waals surface area contributed by atoms with E-state index in [4.69, 9.17) is 14.2 Å². The average Bonchev–Trinajstić information content (AvgIpc) is 3.23. The second-order valence-corrected chi connectivity index (χ2v) is 15.9. The number of cyclic esters (lactones) is 3. The highest BCUT2D eigenvalue weighted by atomic mass is 16.5. The highest BCUT2D eigenvalue weighted by Crippen LogP contribution is 2.14. The Kier molecular flexibility index (Phi) is 37.7. The molecular formula is C54H84O6. The average molecular weight is 829 g/mol. The van der Waals surface area contributed by atoms with Crippen molar-refractivity contribution in [2.24, 2.45) is 0 Å². The lowest BCUT2D eigenvalue weighted by molar-refractivity contribution is -0.150. The lowest BCUT2D eigenvalue weighted by Gasteiger charge is -2.15. The molecule has 0 radical (unpaired) electrons. The number of esters is 3. The molecule has 0 aliphatic carbocycles. The van der Waals surface area contributed by atoms with Gasteiger partial charge in [-0.2, -0.15) is 0 Å². The van der Waals surface area contributed by atoms with Gasteiger partial charge in [-0.1, -0.05) is 130 Å². The molecule has 336 valence electrons. The molecule has 0 aromatic heterocycles. The van der Waals surface area contributed by atoms with Crippen LogP contribution in [0.5, 0.6) is 0 Å². The highest BCUT2D eigenvalue weighted by molar-refractivity contribution is 5.70. The summed E-state index contributed by atoms with van der Waals surface area (Å²) in [7, 11) is 0. The van der Waals surface area contributed by atoms with Crippen molar-refractivity contribution < 1.29 is 28.6 Å². The molecule has 3 heterocycles. The molecule has 0 N–H and O–H groups in total. The molecule has 60 heavy (non-hydrogen) atoms. The summed E-state index contributed by atoms with van der Waals surface area (Å²) in [6, 6.07) is 0. The maximum Gasteiger partial charge on any atom is 0.306 e. The first-order chi connectivity index (χ1) is 29.4. The van der Waals surface area contributed by atoms with Gasteiger partial charge in [0, 0.05) is 25.7 Å². The van der Waals surface area contributed by atoms with E-state index in [1.807, 2.05) is 6.92 Å². The van der Waals surface area contributed by atoms with Crippen LogP contribution in [-0.4, -0.2) is 36.2 Å². The molecule has 0 aromatic rings. The van der Waals surface area contributed by atoms with Crippen LogP contribution in [0.25, 0.3) is 0 Å². The van der Waals surface area contributed by atoms with Gasteiger partial charge in [-0.3, -0.25) is 14.4 Å². The summed E-state index contributed by atoms with van der Waals surface area (Å²) in [5.74, 6) is -0.107. The quantitative estimate of drug-likeness (QED) is 0.160. The Labute approximate surface area is 367 Å². The fourth-order valence-electron chi connectivity index (χ4n) is 6.59. The lowest BCUT2D eigenvalue weighted by Crippen LogP contribution is -2.17. The highest BCUT2D eigenvalue weighted by Gasteiger charge is 2.13. The molecule has 3 rings (SSSR count). The van der Waals surface area contributed by atoms with Crippen molar-refractivity contribution in [1.29, 1.82) is 0 Å². The van der Waals surface area contributed by atoms with Gasteiger partial charge in [0.15, 0.2) is 0 Å². The normalized spacial score (nSPS) is 28.1. The first-order valence-corrected chi connectivity index (χ1v) is 23.9. The number of rotatable bonds is 3. The number of hydrogen-bond acceptors (Lipinski definition) is 6. The number of ether oxygens (including phenoxy) is 3. The number of carbonyl (C=O) groups excluding carboxylic acids is 3. The predicted molar refractivity (Wildman–Crippen MR) is 254 cm³/mol. The van der Waals surface area contributed by atoms with E-state index in [0.717, 1.165) is 154 Å². The van der Waals surface area contributed by atoms with Gasteiger partial charge < -0.3 is 14.2 Å². The van der Waals surface area contributed by atoms with Gasteiger partial charge in [0.05, 0.1) is 6.10 Å². The van der Waals surface area contributed by atoms with E-state index < -0.39 is 0 Å². The zero-order chi connectivity index (χ0) is 43.4. The van der Waals surface area contributed by atoms with Crippen LogP contribution >= 0.6 is 0 Å². The van der Waals surface area contributed by atoms with E-state index >= 15 is 0 Å². The Morgan fingerprint density at radius 2 is 0.783 bits per heavy atom. The fourth-order valence-corrected chi connectivity index (χ4v) is 6.59. The molecule has 0 spiro atoms. The fraction of sp³-hybridized carbons (Fsp3) is 0.611. The standard InChI is InChI=1S/3C18H28O2/c1-17-15-13-11-9-7-5-3-2-4-6-8-10-12-14-16-18(19)20-17;1-2-17-15-13-11-9-7-5-3-4-6-8-10-12-14-16-18(19)20-17;1-2-14-17-15-12-10-8-6-4-3-5-7-9-11-13-16-18(19)20-17/h2-3,6-9,17H,4-5,10-16H2,1H3;3,5-6,8-9,11,17H,2,4,7,10,12-16H2,1H3;4-7,10,12,17H,2-3,8-9,11,13-16H2,1H3/b3-2-,8-6-,9-7-;5-3-,8-6-,11-9-;6-4-,7-5-,12-10-. The zero-order valence-electron chi connectivity index (χ0n) is 38.2. The van der Waals surface area contributed by atoms with Crippen LogP contribution in [0.1, 0.15) is 194 Å². The molecule has 0 aromatic carbocycles. The molecular weight excluding hydrogens is 745 g/mol. The lowest BCUT2D eigenvalue weighted by atomic mass is 10.1. The van der Waals surface area contributed by atoms with Crippen LogP contribution < -0.4 is 0 Å². The van der Waals surface area contributed by atoms with Crippen LogP contribution in [0.15, 0.2) is 109 Å². The Bertz CT molecular complexity index is 1340. The second-order valence-electron chi connectivity index (χ2n) is 15.9. The van der Waals surface area contributed by atoms with Crippen LogP contribution in [0.2, 0.25) is 0 Å². The maximum atomic E-state index is 11.8. The molecule has 0 saturated carbocycles. The smallest absolute Gasteiger partial charge is 0.306 e. The summed E-state index contributed by atoms with van der Waals surface area (Å²) >= 11 is 0. The minimum Gasteiger partial charge on any atom is -0.463 e. The molecule has 6 heteroatoms. The minimum absolute atomic E-state index is 0.0317. The summed E-state index contributed by atoms with van der Waals surface area (Å²) in [6.45, 7) is 6.20. The molecule has 6 nitrogen and oxygen atoms in total. The van der Waals surface area contributed by atoms with Crippen LogP contribution in [0.3, 0.4) is 0 Å². The zero-order valence-corrected chi connectivity index (χ0v) is 38.2. The van der Waals surface area contributed by atoms with Gasteiger partial charge in [-0.05, 0) is 148 Å². The molecule has 0 fully saturated rings. The molecule has 3 atom stereocenters. The Hall–Kier alpha value is -3.93. The maximum absolute atomic E-state index is 11.8. The predicted octanol–water partition coefficient (Wildman–Crippen LogP) is 15.3. The largest absolute Gasteiger partial charge is 0.463 e. The van der Waals surface area contributed by atoms with Crippen LogP contribution in [0, 0.1) is 0 Å². The second kappa shape index (κ2) is 41.8. The van der Waals surface area contributed by atoms with Gasteiger partial charge >= 0.3 is 17.9 Å². The van der Waals surface area contributed by atoms with Crippen molar-refractivity contribution in [3.05, 3.63) is 109 Å². The SMILES string of the molecule is CC1CCC/C=C\C/C=C\C/C=C\CCCCC(=O)O1.CCC1CC/C=C\C/C=C\C/C=C\CCCCC(=O)O1.CCCC1C/C=C\C/C=C\C/C=C\CCCCC(=O)O1. The van der Waals surface area contributed by atoms with Gasteiger partial charge in [0.1, 0.15) is 12.2 Å². The Balaban J connectivity index is 0.000000450. The molecule has 3 aliphatic heterocycles. The van der Waals surface area contributed by atoms with Gasteiger partial charge in [0.25, 0.3) is 0 Å². The van der Waals surface area contributed by atoms with E-state index in [2.05, 4.69) is 123 Å². The van der Waals surface area contributed by atoms with Crippen molar-refractivity contribution in [2.45, 2.75) is 212 Å². The van der Waals surface area contributed by atoms with E-state index in [1.165, 1.54) is 0 Å². The third-order valence-corrected chi connectivity index (χ3v) is 10.2. The van der Waals surface area contributed by atoms with Crippen molar-refractivity contribution in [1.82, 2.24) is 0 Å². The first-order valence-electron chi connectivity index (χ1n) is 23.9. The number of hydrogen-bond donors (Lipinski definition) is 0. The molecule has 3 aliphatic rings. The summed E-state index contributed by atoms with van der Waals surface area (Å²) in [5, 5.41) is 0.